The van der Waals surface area contributed by atoms with E-state index in [1.54, 1.807) is 19.2 Å². The van der Waals surface area contributed by atoms with Crippen molar-refractivity contribution in [2.45, 2.75) is 6.04 Å². The highest BCUT2D eigenvalue weighted by Gasteiger charge is 2.11. The SMILES string of the molecule is COc1ccc(Cl)cc1N(C)CC(N)CO. The molecule has 0 aromatic heterocycles. The van der Waals surface area contributed by atoms with E-state index in [9.17, 15) is 0 Å². The Balaban J connectivity index is 2.88. The molecule has 1 rings (SSSR count). The summed E-state index contributed by atoms with van der Waals surface area (Å²) in [5, 5.41) is 9.54. The van der Waals surface area contributed by atoms with Gasteiger partial charge >= 0.3 is 0 Å². The van der Waals surface area contributed by atoms with E-state index < -0.39 is 0 Å². The van der Waals surface area contributed by atoms with E-state index in [1.807, 2.05) is 18.0 Å². The summed E-state index contributed by atoms with van der Waals surface area (Å²) in [4.78, 5) is 1.91. The number of nitrogens with two attached hydrogens (primary N) is 1. The Hall–Kier alpha value is -0.970. The standard InChI is InChI=1S/C11H17ClN2O2/c1-14(6-9(13)7-15)10-5-8(12)3-4-11(10)16-2/h3-5,9,15H,6-7,13H2,1-2H3. The van der Waals surface area contributed by atoms with Gasteiger partial charge in [0.25, 0.3) is 0 Å². The van der Waals surface area contributed by atoms with Gasteiger partial charge in [-0.2, -0.15) is 0 Å². The number of anilines is 1. The average Bonchev–Trinajstić information content (AvgIpc) is 2.28. The molecule has 0 aliphatic rings. The highest BCUT2D eigenvalue weighted by atomic mass is 35.5. The fraction of sp³-hybridized carbons (Fsp3) is 0.455. The van der Waals surface area contributed by atoms with Gasteiger partial charge in [-0.1, -0.05) is 11.6 Å². The van der Waals surface area contributed by atoms with Crippen LogP contribution < -0.4 is 15.4 Å². The van der Waals surface area contributed by atoms with Crippen LogP contribution in [-0.2, 0) is 0 Å². The van der Waals surface area contributed by atoms with Crippen molar-refractivity contribution in [2.24, 2.45) is 5.73 Å². The Morgan fingerprint density at radius 3 is 2.81 bits per heavy atom. The topological polar surface area (TPSA) is 58.7 Å². The summed E-state index contributed by atoms with van der Waals surface area (Å²) < 4.78 is 5.23. The molecule has 90 valence electrons. The molecule has 0 spiro atoms. The molecule has 0 heterocycles. The molecule has 0 aliphatic carbocycles. The number of hydrogen-bond donors (Lipinski definition) is 2. The molecule has 5 heteroatoms. The van der Waals surface area contributed by atoms with E-state index in [4.69, 9.17) is 27.2 Å². The predicted molar refractivity (Wildman–Crippen MR) is 66.3 cm³/mol. The van der Waals surface area contributed by atoms with Crippen molar-refractivity contribution in [3.8, 4) is 5.75 Å². The second kappa shape index (κ2) is 5.94. The summed E-state index contributed by atoms with van der Waals surface area (Å²) in [7, 11) is 3.48. The lowest BCUT2D eigenvalue weighted by atomic mass is 10.2. The van der Waals surface area contributed by atoms with Gasteiger partial charge in [0.1, 0.15) is 5.75 Å². The first-order valence-corrected chi connectivity index (χ1v) is 5.37. The summed E-state index contributed by atoms with van der Waals surface area (Å²) in [6.45, 7) is 0.487. The molecule has 16 heavy (non-hydrogen) atoms. The number of aliphatic hydroxyl groups excluding tert-OH is 1. The Kier molecular flexibility index (Phi) is 4.86. The highest BCUT2D eigenvalue weighted by Crippen LogP contribution is 2.30. The third kappa shape index (κ3) is 3.27. The first kappa shape index (κ1) is 13.1. The van der Waals surface area contributed by atoms with Crippen LogP contribution >= 0.6 is 11.6 Å². The van der Waals surface area contributed by atoms with Crippen LogP contribution in [0.15, 0.2) is 18.2 Å². The molecule has 0 fully saturated rings. The quantitative estimate of drug-likeness (QED) is 0.815. The highest BCUT2D eigenvalue weighted by molar-refractivity contribution is 6.30. The fourth-order valence-electron chi connectivity index (χ4n) is 1.47. The summed E-state index contributed by atoms with van der Waals surface area (Å²) >= 11 is 5.93. The number of ether oxygens (including phenoxy) is 1. The van der Waals surface area contributed by atoms with E-state index in [0.29, 0.717) is 11.6 Å². The zero-order valence-corrected chi connectivity index (χ0v) is 10.2. The smallest absolute Gasteiger partial charge is 0.142 e. The van der Waals surface area contributed by atoms with Gasteiger partial charge in [-0.3, -0.25) is 0 Å². The minimum atomic E-state index is -0.284. The van der Waals surface area contributed by atoms with Crippen molar-refractivity contribution >= 4 is 17.3 Å². The van der Waals surface area contributed by atoms with Gasteiger partial charge in [0.05, 0.1) is 19.4 Å². The lowest BCUT2D eigenvalue weighted by molar-refractivity contribution is 0.267. The average molecular weight is 245 g/mol. The molecular weight excluding hydrogens is 228 g/mol. The zero-order chi connectivity index (χ0) is 12.1. The molecule has 0 saturated heterocycles. The molecule has 0 radical (unpaired) electrons. The predicted octanol–water partition coefficient (Wildman–Crippen LogP) is 1.10. The van der Waals surface area contributed by atoms with Crippen molar-refractivity contribution in [1.82, 2.24) is 0 Å². The van der Waals surface area contributed by atoms with Crippen molar-refractivity contribution < 1.29 is 9.84 Å². The second-order valence-corrected chi connectivity index (χ2v) is 4.08. The fourth-order valence-corrected chi connectivity index (χ4v) is 1.64. The molecule has 3 N–H and O–H groups in total. The summed E-state index contributed by atoms with van der Waals surface area (Å²) in [5.41, 5.74) is 6.54. The van der Waals surface area contributed by atoms with Crippen LogP contribution in [0.2, 0.25) is 5.02 Å². The van der Waals surface area contributed by atoms with Gasteiger partial charge in [0, 0.05) is 24.7 Å². The van der Waals surface area contributed by atoms with E-state index in [1.165, 1.54) is 0 Å². The van der Waals surface area contributed by atoms with Crippen molar-refractivity contribution in [2.75, 3.05) is 32.2 Å². The molecule has 1 unspecified atom stereocenters. The number of benzene rings is 1. The van der Waals surface area contributed by atoms with Crippen LogP contribution in [0.3, 0.4) is 0 Å². The second-order valence-electron chi connectivity index (χ2n) is 3.64. The Labute approximate surface area is 101 Å². The largest absolute Gasteiger partial charge is 0.495 e. The minimum absolute atomic E-state index is 0.0484. The Bertz CT molecular complexity index is 347. The monoisotopic (exact) mass is 244 g/mol. The van der Waals surface area contributed by atoms with E-state index in [-0.39, 0.29) is 12.6 Å². The zero-order valence-electron chi connectivity index (χ0n) is 9.48. The normalized spacial score (nSPS) is 12.3. The van der Waals surface area contributed by atoms with E-state index >= 15 is 0 Å². The van der Waals surface area contributed by atoms with Crippen LogP contribution in [0, 0.1) is 0 Å². The number of rotatable bonds is 5. The van der Waals surface area contributed by atoms with Crippen LogP contribution in [0.4, 0.5) is 5.69 Å². The molecule has 1 atom stereocenters. The summed E-state index contributed by atoms with van der Waals surface area (Å²) in [6.07, 6.45) is 0. The van der Waals surface area contributed by atoms with Crippen molar-refractivity contribution in [3.63, 3.8) is 0 Å². The number of likely N-dealkylation sites (N-methyl/N-ethyl adjacent to an activating group) is 1. The number of hydrogen-bond acceptors (Lipinski definition) is 4. The first-order valence-electron chi connectivity index (χ1n) is 4.99. The molecule has 4 nitrogen and oxygen atoms in total. The lowest BCUT2D eigenvalue weighted by Crippen LogP contribution is -2.38. The molecule has 0 saturated carbocycles. The number of methoxy groups -OCH3 is 1. The maximum Gasteiger partial charge on any atom is 0.142 e. The van der Waals surface area contributed by atoms with Crippen LogP contribution in [0.1, 0.15) is 0 Å². The Morgan fingerprint density at radius 1 is 1.56 bits per heavy atom. The molecule has 0 bridgehead atoms. The number of nitrogens with zero attached hydrogens (tertiary/aromatic N) is 1. The third-order valence-electron chi connectivity index (χ3n) is 2.30. The molecular formula is C11H17ClN2O2. The first-order chi connectivity index (χ1) is 7.58. The number of aliphatic hydroxyl groups is 1. The number of halogens is 1. The summed E-state index contributed by atoms with van der Waals surface area (Å²) in [5.74, 6) is 0.733. The maximum absolute atomic E-state index is 8.90. The summed E-state index contributed by atoms with van der Waals surface area (Å²) in [6, 6.07) is 5.10. The van der Waals surface area contributed by atoms with E-state index in [0.717, 1.165) is 11.4 Å². The van der Waals surface area contributed by atoms with Crippen molar-refractivity contribution in [1.29, 1.82) is 0 Å². The van der Waals surface area contributed by atoms with Gasteiger partial charge < -0.3 is 20.5 Å². The van der Waals surface area contributed by atoms with Crippen LogP contribution in [0.5, 0.6) is 5.75 Å². The Morgan fingerprint density at radius 2 is 2.25 bits per heavy atom. The van der Waals surface area contributed by atoms with Gasteiger partial charge in [0.15, 0.2) is 0 Å². The van der Waals surface area contributed by atoms with Gasteiger partial charge in [-0.05, 0) is 18.2 Å². The van der Waals surface area contributed by atoms with Crippen molar-refractivity contribution in [3.05, 3.63) is 23.2 Å². The maximum atomic E-state index is 8.90. The molecule has 0 amide bonds. The molecule has 1 aromatic rings. The third-order valence-corrected chi connectivity index (χ3v) is 2.53. The van der Waals surface area contributed by atoms with Gasteiger partial charge in [0.2, 0.25) is 0 Å². The molecule has 0 aliphatic heterocycles. The van der Waals surface area contributed by atoms with Gasteiger partial charge in [-0.15, -0.1) is 0 Å². The van der Waals surface area contributed by atoms with Crippen LogP contribution in [-0.4, -0.2) is 38.5 Å². The lowest BCUT2D eigenvalue weighted by Gasteiger charge is -2.24. The van der Waals surface area contributed by atoms with Gasteiger partial charge in [-0.25, -0.2) is 0 Å². The minimum Gasteiger partial charge on any atom is -0.495 e. The van der Waals surface area contributed by atoms with E-state index in [2.05, 4.69) is 0 Å². The molecule has 1 aromatic carbocycles. The van der Waals surface area contributed by atoms with Crippen LogP contribution in [0.25, 0.3) is 0 Å².